The van der Waals surface area contributed by atoms with E-state index in [0.717, 1.165) is 0 Å². The molecule has 1 fully saturated rings. The Balaban J connectivity index is 2.09. The maximum atomic E-state index is 12.1. The molecule has 1 amide bonds. The summed E-state index contributed by atoms with van der Waals surface area (Å²) < 4.78 is 5.87. The summed E-state index contributed by atoms with van der Waals surface area (Å²) in [5.74, 6) is -0.117. The molecule has 1 atom stereocenters. The molecule has 6 heteroatoms. The van der Waals surface area contributed by atoms with Crippen LogP contribution < -0.4 is 0 Å². The van der Waals surface area contributed by atoms with Crippen LogP contribution in [-0.4, -0.2) is 41.6 Å². The summed E-state index contributed by atoms with van der Waals surface area (Å²) in [6, 6.07) is 5.43. The second kappa shape index (κ2) is 5.25. The zero-order chi connectivity index (χ0) is 12.3. The van der Waals surface area contributed by atoms with E-state index in [-0.39, 0.29) is 5.91 Å². The van der Waals surface area contributed by atoms with Crippen LogP contribution >= 0.6 is 15.9 Å². The van der Waals surface area contributed by atoms with Crippen LogP contribution in [0.3, 0.4) is 0 Å². The Kier molecular flexibility index (Phi) is 3.71. The van der Waals surface area contributed by atoms with Crippen molar-refractivity contribution >= 4 is 21.8 Å². The SMILES string of the molecule is N#CC1CN(C(=O)c2ccc(Br)nc2)CCO1. The first kappa shape index (κ1) is 12.0. The highest BCUT2D eigenvalue weighted by Gasteiger charge is 2.24. The molecular weight excluding hydrogens is 286 g/mol. The summed E-state index contributed by atoms with van der Waals surface area (Å²) >= 11 is 3.21. The fraction of sp³-hybridized carbons (Fsp3) is 0.364. The molecule has 1 unspecified atom stereocenters. The molecule has 0 aliphatic carbocycles. The van der Waals surface area contributed by atoms with Gasteiger partial charge >= 0.3 is 0 Å². The molecule has 0 bridgehead atoms. The second-order valence-corrected chi connectivity index (χ2v) is 4.42. The minimum absolute atomic E-state index is 0.117. The number of carbonyl (C=O) groups excluding carboxylic acids is 1. The molecular formula is C11H10BrN3O2. The predicted octanol–water partition coefficient (Wildman–Crippen LogP) is 1.21. The summed E-state index contributed by atoms with van der Waals surface area (Å²) in [7, 11) is 0. The maximum absolute atomic E-state index is 12.1. The van der Waals surface area contributed by atoms with E-state index in [9.17, 15) is 4.79 Å². The number of rotatable bonds is 1. The van der Waals surface area contributed by atoms with E-state index in [1.165, 1.54) is 6.20 Å². The van der Waals surface area contributed by atoms with E-state index in [0.29, 0.717) is 29.9 Å². The Morgan fingerprint density at radius 2 is 2.47 bits per heavy atom. The van der Waals surface area contributed by atoms with Gasteiger partial charge in [0.1, 0.15) is 4.60 Å². The van der Waals surface area contributed by atoms with Gasteiger partial charge in [0, 0.05) is 12.7 Å². The third-order valence-corrected chi connectivity index (χ3v) is 2.94. The number of carbonyl (C=O) groups is 1. The Morgan fingerprint density at radius 3 is 3.12 bits per heavy atom. The number of aromatic nitrogens is 1. The van der Waals surface area contributed by atoms with Crippen molar-refractivity contribution in [3.8, 4) is 6.07 Å². The lowest BCUT2D eigenvalue weighted by molar-refractivity contribution is 0.00345. The van der Waals surface area contributed by atoms with Crippen LogP contribution in [0.25, 0.3) is 0 Å². The van der Waals surface area contributed by atoms with Crippen molar-refractivity contribution in [2.75, 3.05) is 19.7 Å². The largest absolute Gasteiger partial charge is 0.360 e. The van der Waals surface area contributed by atoms with Gasteiger partial charge < -0.3 is 9.64 Å². The van der Waals surface area contributed by atoms with Crippen LogP contribution in [-0.2, 0) is 4.74 Å². The van der Waals surface area contributed by atoms with Gasteiger partial charge in [-0.05, 0) is 28.1 Å². The molecule has 1 aliphatic rings. The van der Waals surface area contributed by atoms with E-state index in [1.807, 2.05) is 6.07 Å². The number of halogens is 1. The lowest BCUT2D eigenvalue weighted by atomic mass is 10.2. The van der Waals surface area contributed by atoms with Crippen LogP contribution in [0.4, 0.5) is 0 Å². The summed E-state index contributed by atoms with van der Waals surface area (Å²) in [4.78, 5) is 17.7. The van der Waals surface area contributed by atoms with Crippen LogP contribution in [0.5, 0.6) is 0 Å². The number of morpholine rings is 1. The van der Waals surface area contributed by atoms with Crippen LogP contribution in [0.15, 0.2) is 22.9 Å². The molecule has 5 nitrogen and oxygen atoms in total. The van der Waals surface area contributed by atoms with E-state index in [1.54, 1.807) is 17.0 Å². The van der Waals surface area contributed by atoms with Crippen molar-refractivity contribution in [2.24, 2.45) is 0 Å². The Morgan fingerprint density at radius 1 is 1.65 bits per heavy atom. The van der Waals surface area contributed by atoms with Crippen LogP contribution in [0, 0.1) is 11.3 Å². The van der Waals surface area contributed by atoms with Gasteiger partial charge in [0.2, 0.25) is 0 Å². The molecule has 2 rings (SSSR count). The van der Waals surface area contributed by atoms with Crippen molar-refractivity contribution in [3.05, 3.63) is 28.5 Å². The molecule has 2 heterocycles. The van der Waals surface area contributed by atoms with Crippen molar-refractivity contribution < 1.29 is 9.53 Å². The first-order chi connectivity index (χ1) is 8.20. The normalized spacial score (nSPS) is 19.8. The molecule has 0 N–H and O–H groups in total. The molecule has 88 valence electrons. The van der Waals surface area contributed by atoms with E-state index >= 15 is 0 Å². The summed E-state index contributed by atoms with van der Waals surface area (Å²) in [5.41, 5.74) is 0.520. The maximum Gasteiger partial charge on any atom is 0.255 e. The van der Waals surface area contributed by atoms with E-state index in [2.05, 4.69) is 20.9 Å². The minimum Gasteiger partial charge on any atom is -0.360 e. The van der Waals surface area contributed by atoms with Gasteiger partial charge in [-0.15, -0.1) is 0 Å². The highest BCUT2D eigenvalue weighted by atomic mass is 79.9. The molecule has 1 saturated heterocycles. The number of nitriles is 1. The second-order valence-electron chi connectivity index (χ2n) is 3.61. The fourth-order valence-electron chi connectivity index (χ4n) is 1.60. The monoisotopic (exact) mass is 295 g/mol. The van der Waals surface area contributed by atoms with Gasteiger partial charge in [0.05, 0.1) is 24.8 Å². The molecule has 0 radical (unpaired) electrons. The Hall–Kier alpha value is -1.45. The third kappa shape index (κ3) is 2.81. The summed E-state index contributed by atoms with van der Waals surface area (Å²) in [6.07, 6.45) is 0.986. The van der Waals surface area contributed by atoms with Gasteiger partial charge in [-0.3, -0.25) is 4.79 Å². The Bertz CT molecular complexity index is 455. The molecule has 1 aromatic rings. The highest BCUT2D eigenvalue weighted by Crippen LogP contribution is 2.12. The fourth-order valence-corrected chi connectivity index (χ4v) is 1.83. The predicted molar refractivity (Wildman–Crippen MR) is 63.2 cm³/mol. The molecule has 0 saturated carbocycles. The number of amides is 1. The van der Waals surface area contributed by atoms with Gasteiger partial charge in [0.15, 0.2) is 6.10 Å². The van der Waals surface area contributed by atoms with E-state index in [4.69, 9.17) is 10.00 Å². The zero-order valence-corrected chi connectivity index (χ0v) is 10.6. The van der Waals surface area contributed by atoms with Gasteiger partial charge in [-0.2, -0.15) is 5.26 Å². The lowest BCUT2D eigenvalue weighted by Gasteiger charge is -2.29. The Labute approximate surface area is 107 Å². The smallest absolute Gasteiger partial charge is 0.255 e. The number of nitrogens with zero attached hydrogens (tertiary/aromatic N) is 3. The lowest BCUT2D eigenvalue weighted by Crippen LogP contribution is -2.45. The van der Waals surface area contributed by atoms with Gasteiger partial charge in [-0.1, -0.05) is 0 Å². The highest BCUT2D eigenvalue weighted by molar-refractivity contribution is 9.10. The number of hydrogen-bond donors (Lipinski definition) is 0. The van der Waals surface area contributed by atoms with Crippen molar-refractivity contribution in [2.45, 2.75) is 6.10 Å². The molecule has 17 heavy (non-hydrogen) atoms. The third-order valence-electron chi connectivity index (χ3n) is 2.47. The standard InChI is InChI=1S/C11H10BrN3O2/c12-10-2-1-8(6-14-10)11(16)15-3-4-17-9(5-13)7-15/h1-2,6,9H,3-4,7H2. The summed E-state index contributed by atoms with van der Waals surface area (Å²) in [6.45, 7) is 1.21. The topological polar surface area (TPSA) is 66.2 Å². The van der Waals surface area contributed by atoms with Gasteiger partial charge in [0.25, 0.3) is 5.91 Å². The number of hydrogen-bond acceptors (Lipinski definition) is 4. The average molecular weight is 296 g/mol. The van der Waals surface area contributed by atoms with Crippen molar-refractivity contribution in [1.29, 1.82) is 5.26 Å². The summed E-state index contributed by atoms with van der Waals surface area (Å²) in [5, 5.41) is 8.77. The first-order valence-electron chi connectivity index (χ1n) is 5.13. The molecule has 0 spiro atoms. The van der Waals surface area contributed by atoms with Gasteiger partial charge in [-0.25, -0.2) is 4.98 Å². The van der Waals surface area contributed by atoms with Crippen molar-refractivity contribution in [1.82, 2.24) is 9.88 Å². The quantitative estimate of drug-likeness (QED) is 0.731. The average Bonchev–Trinajstić information content (AvgIpc) is 2.39. The minimum atomic E-state index is -0.531. The number of pyridine rings is 1. The van der Waals surface area contributed by atoms with Crippen LogP contribution in [0.1, 0.15) is 10.4 Å². The molecule has 1 aromatic heterocycles. The zero-order valence-electron chi connectivity index (χ0n) is 8.97. The van der Waals surface area contributed by atoms with Crippen molar-refractivity contribution in [3.63, 3.8) is 0 Å². The first-order valence-corrected chi connectivity index (χ1v) is 5.92. The molecule has 0 aromatic carbocycles. The molecule has 1 aliphatic heterocycles. The van der Waals surface area contributed by atoms with Crippen LogP contribution in [0.2, 0.25) is 0 Å². The van der Waals surface area contributed by atoms with E-state index < -0.39 is 6.10 Å². The number of ether oxygens (including phenoxy) is 1.